The molecule has 2 aromatic carbocycles. The minimum absolute atomic E-state index is 0.134. The molecule has 144 valence electrons. The number of amides is 1. The van der Waals surface area contributed by atoms with Crippen LogP contribution in [0.15, 0.2) is 65.2 Å². The van der Waals surface area contributed by atoms with Gasteiger partial charge in [0.2, 0.25) is 5.76 Å². The number of halogens is 1. The molecule has 6 heteroatoms. The van der Waals surface area contributed by atoms with Crippen molar-refractivity contribution in [3.63, 3.8) is 0 Å². The van der Waals surface area contributed by atoms with Crippen molar-refractivity contribution in [1.82, 2.24) is 10.1 Å². The first-order chi connectivity index (χ1) is 13.7. The fourth-order valence-corrected chi connectivity index (χ4v) is 3.62. The monoisotopic (exact) mass is 396 g/mol. The van der Waals surface area contributed by atoms with E-state index in [0.717, 1.165) is 24.2 Å². The molecule has 5 nitrogen and oxygen atoms in total. The van der Waals surface area contributed by atoms with Crippen LogP contribution < -0.4 is 4.74 Å². The Morgan fingerprint density at radius 2 is 2.04 bits per heavy atom. The zero-order chi connectivity index (χ0) is 19.3. The van der Waals surface area contributed by atoms with Gasteiger partial charge in [0.05, 0.1) is 6.61 Å². The highest BCUT2D eigenvalue weighted by Gasteiger charge is 2.27. The van der Waals surface area contributed by atoms with Gasteiger partial charge >= 0.3 is 0 Å². The highest BCUT2D eigenvalue weighted by molar-refractivity contribution is 6.30. The molecule has 2 heterocycles. The van der Waals surface area contributed by atoms with Crippen LogP contribution in [0.25, 0.3) is 11.3 Å². The van der Waals surface area contributed by atoms with E-state index in [0.29, 0.717) is 36.3 Å². The highest BCUT2D eigenvalue weighted by atomic mass is 35.5. The molecular formula is C22H21ClN2O3. The summed E-state index contributed by atoms with van der Waals surface area (Å²) in [6, 6.07) is 18.7. The SMILES string of the molecule is O=C(c1cc(-c2cccc(Cl)c2)no1)N1CCCC(COc2ccccc2)C1. The van der Waals surface area contributed by atoms with Gasteiger partial charge in [-0.25, -0.2) is 0 Å². The fourth-order valence-electron chi connectivity index (χ4n) is 3.43. The molecule has 1 unspecified atom stereocenters. The zero-order valence-corrected chi connectivity index (χ0v) is 16.1. The van der Waals surface area contributed by atoms with Crippen LogP contribution in [0.1, 0.15) is 23.4 Å². The number of ether oxygens (including phenoxy) is 1. The molecule has 1 amide bonds. The van der Waals surface area contributed by atoms with Crippen LogP contribution in [0, 0.1) is 5.92 Å². The molecule has 0 aliphatic carbocycles. The summed E-state index contributed by atoms with van der Waals surface area (Å²) in [7, 11) is 0. The minimum atomic E-state index is -0.134. The normalized spacial score (nSPS) is 16.8. The maximum Gasteiger partial charge on any atom is 0.292 e. The second-order valence-electron chi connectivity index (χ2n) is 6.97. The van der Waals surface area contributed by atoms with Crippen LogP contribution in [-0.4, -0.2) is 35.7 Å². The number of benzene rings is 2. The minimum Gasteiger partial charge on any atom is -0.493 e. The van der Waals surface area contributed by atoms with Crippen LogP contribution >= 0.6 is 11.6 Å². The number of carbonyl (C=O) groups is 1. The van der Waals surface area contributed by atoms with Gasteiger partial charge in [-0.3, -0.25) is 4.79 Å². The van der Waals surface area contributed by atoms with Crippen molar-refractivity contribution in [3.05, 3.63) is 71.4 Å². The van der Waals surface area contributed by atoms with Crippen molar-refractivity contribution in [3.8, 4) is 17.0 Å². The van der Waals surface area contributed by atoms with Crippen molar-refractivity contribution >= 4 is 17.5 Å². The predicted molar refractivity (Wildman–Crippen MR) is 108 cm³/mol. The summed E-state index contributed by atoms with van der Waals surface area (Å²) >= 11 is 6.03. The van der Waals surface area contributed by atoms with Crippen molar-refractivity contribution in [2.24, 2.45) is 5.92 Å². The van der Waals surface area contributed by atoms with E-state index >= 15 is 0 Å². The standard InChI is InChI=1S/C22H21ClN2O3/c23-18-8-4-7-17(12-18)20-13-21(28-24-20)22(26)25-11-5-6-16(14-25)15-27-19-9-2-1-3-10-19/h1-4,7-10,12-13,16H,5-6,11,14-15H2. The first-order valence-electron chi connectivity index (χ1n) is 9.39. The van der Waals surface area contributed by atoms with Gasteiger partial charge in [0.25, 0.3) is 5.91 Å². The number of carbonyl (C=O) groups excluding carboxylic acids is 1. The number of para-hydroxylation sites is 1. The average Bonchev–Trinajstić information content (AvgIpc) is 3.23. The van der Waals surface area contributed by atoms with E-state index in [2.05, 4.69) is 5.16 Å². The smallest absolute Gasteiger partial charge is 0.292 e. The summed E-state index contributed by atoms with van der Waals surface area (Å²) in [6.07, 6.45) is 1.99. The molecule has 1 atom stereocenters. The largest absolute Gasteiger partial charge is 0.493 e. The van der Waals surface area contributed by atoms with E-state index in [1.807, 2.05) is 47.4 Å². The van der Waals surface area contributed by atoms with E-state index in [4.69, 9.17) is 20.9 Å². The van der Waals surface area contributed by atoms with Gasteiger partial charge in [0.15, 0.2) is 0 Å². The Hall–Kier alpha value is -2.79. The Kier molecular flexibility index (Phi) is 5.63. The van der Waals surface area contributed by atoms with Crippen LogP contribution in [0.2, 0.25) is 5.02 Å². The maximum absolute atomic E-state index is 12.9. The number of nitrogens with zero attached hydrogens (tertiary/aromatic N) is 2. The van der Waals surface area contributed by atoms with E-state index < -0.39 is 0 Å². The molecule has 1 aliphatic heterocycles. The Balaban J connectivity index is 1.39. The predicted octanol–water partition coefficient (Wildman–Crippen LogP) is 4.93. The number of aromatic nitrogens is 1. The number of piperidine rings is 1. The molecule has 0 radical (unpaired) electrons. The third kappa shape index (κ3) is 4.37. The average molecular weight is 397 g/mol. The topological polar surface area (TPSA) is 55.6 Å². The summed E-state index contributed by atoms with van der Waals surface area (Å²) < 4.78 is 11.2. The molecule has 1 saturated heterocycles. The van der Waals surface area contributed by atoms with Crippen LogP contribution in [0.3, 0.4) is 0 Å². The summed E-state index contributed by atoms with van der Waals surface area (Å²) in [5, 5.41) is 4.65. The molecule has 0 spiro atoms. The molecule has 0 N–H and O–H groups in total. The lowest BCUT2D eigenvalue weighted by molar-refractivity contribution is 0.0593. The number of likely N-dealkylation sites (tertiary alicyclic amines) is 1. The van der Waals surface area contributed by atoms with E-state index in [9.17, 15) is 4.79 Å². The second-order valence-corrected chi connectivity index (χ2v) is 7.41. The van der Waals surface area contributed by atoms with Crippen molar-refractivity contribution in [2.75, 3.05) is 19.7 Å². The van der Waals surface area contributed by atoms with Gasteiger partial charge in [-0.15, -0.1) is 0 Å². The summed E-state index contributed by atoms with van der Waals surface area (Å²) in [6.45, 7) is 1.96. The third-order valence-electron chi connectivity index (χ3n) is 4.88. The lowest BCUT2D eigenvalue weighted by Crippen LogP contribution is -2.41. The number of hydrogen-bond donors (Lipinski definition) is 0. The molecule has 0 saturated carbocycles. The van der Waals surface area contributed by atoms with Crippen molar-refractivity contribution < 1.29 is 14.1 Å². The molecular weight excluding hydrogens is 376 g/mol. The summed E-state index contributed by atoms with van der Waals surface area (Å²) in [5.41, 5.74) is 1.43. The van der Waals surface area contributed by atoms with Crippen LogP contribution in [0.4, 0.5) is 0 Å². The van der Waals surface area contributed by atoms with Crippen molar-refractivity contribution in [2.45, 2.75) is 12.8 Å². The Morgan fingerprint density at radius 3 is 2.86 bits per heavy atom. The first kappa shape index (κ1) is 18.6. The lowest BCUT2D eigenvalue weighted by atomic mass is 9.98. The Morgan fingerprint density at radius 1 is 1.18 bits per heavy atom. The first-order valence-corrected chi connectivity index (χ1v) is 9.76. The van der Waals surface area contributed by atoms with E-state index in [1.54, 1.807) is 18.2 Å². The van der Waals surface area contributed by atoms with Gasteiger partial charge in [0, 0.05) is 35.7 Å². The highest BCUT2D eigenvalue weighted by Crippen LogP contribution is 2.25. The Bertz CT molecular complexity index is 942. The van der Waals surface area contributed by atoms with Gasteiger partial charge < -0.3 is 14.2 Å². The Labute approximate surface area is 168 Å². The lowest BCUT2D eigenvalue weighted by Gasteiger charge is -2.32. The van der Waals surface area contributed by atoms with Gasteiger partial charge in [-0.2, -0.15) is 0 Å². The molecule has 1 fully saturated rings. The van der Waals surface area contributed by atoms with Crippen LogP contribution in [-0.2, 0) is 0 Å². The van der Waals surface area contributed by atoms with E-state index in [-0.39, 0.29) is 11.7 Å². The quantitative estimate of drug-likeness (QED) is 0.613. The van der Waals surface area contributed by atoms with E-state index in [1.165, 1.54) is 0 Å². The second kappa shape index (κ2) is 8.48. The van der Waals surface area contributed by atoms with Gasteiger partial charge in [0.1, 0.15) is 11.4 Å². The molecule has 28 heavy (non-hydrogen) atoms. The summed E-state index contributed by atoms with van der Waals surface area (Å²) in [4.78, 5) is 14.7. The molecule has 1 aromatic heterocycles. The summed E-state index contributed by atoms with van der Waals surface area (Å²) in [5.74, 6) is 1.27. The van der Waals surface area contributed by atoms with Crippen LogP contribution in [0.5, 0.6) is 5.75 Å². The number of hydrogen-bond acceptors (Lipinski definition) is 4. The molecule has 0 bridgehead atoms. The zero-order valence-electron chi connectivity index (χ0n) is 15.4. The third-order valence-corrected chi connectivity index (χ3v) is 5.11. The molecule has 3 aromatic rings. The molecule has 4 rings (SSSR count). The van der Waals surface area contributed by atoms with Gasteiger partial charge in [-0.05, 0) is 37.1 Å². The molecule has 1 aliphatic rings. The van der Waals surface area contributed by atoms with Crippen molar-refractivity contribution in [1.29, 1.82) is 0 Å². The maximum atomic E-state index is 12.9. The fraction of sp³-hybridized carbons (Fsp3) is 0.273. The number of rotatable bonds is 5. The van der Waals surface area contributed by atoms with Gasteiger partial charge in [-0.1, -0.05) is 47.1 Å².